The molecule has 1 N–H and O–H groups in total. The molecule has 0 unspecified atom stereocenters. The number of nitrogens with zero attached hydrogens (tertiary/aromatic N) is 2. The highest BCUT2D eigenvalue weighted by Gasteiger charge is 2.26. The lowest BCUT2D eigenvalue weighted by molar-refractivity contribution is -0.136. The van der Waals surface area contributed by atoms with Crippen LogP contribution in [-0.2, 0) is 14.3 Å². The number of esters is 1. The number of nitriles is 1. The second-order valence-electron chi connectivity index (χ2n) is 4.93. The summed E-state index contributed by atoms with van der Waals surface area (Å²) in [7, 11) is 0. The van der Waals surface area contributed by atoms with Crippen molar-refractivity contribution in [2.45, 2.75) is 27.7 Å². The molecule has 0 spiro atoms. The van der Waals surface area contributed by atoms with Crippen LogP contribution < -0.4 is 5.32 Å². The Morgan fingerprint density at radius 1 is 1.41 bits per heavy atom. The molecule has 1 aliphatic rings. The zero-order chi connectivity index (χ0) is 16.4. The molecule has 0 aromatic carbocycles. The van der Waals surface area contributed by atoms with Gasteiger partial charge in [0.25, 0.3) is 0 Å². The molecule has 0 radical (unpaired) electrons. The van der Waals surface area contributed by atoms with Gasteiger partial charge in [-0.3, -0.25) is 9.36 Å². The van der Waals surface area contributed by atoms with Crippen LogP contribution in [0.25, 0.3) is 5.70 Å². The fraction of sp³-hybridized carbons (Fsp3) is 0.312. The third-order valence-electron chi connectivity index (χ3n) is 3.61. The lowest BCUT2D eigenvalue weighted by atomic mass is 10.1. The number of carbonyl (C=O) groups is 2. The summed E-state index contributed by atoms with van der Waals surface area (Å²) in [4.78, 5) is 24.0. The fourth-order valence-electron chi connectivity index (χ4n) is 2.34. The molecule has 2 rings (SSSR count). The number of aromatic nitrogens is 1. The number of allylic oxidation sites excluding steroid dienone is 2. The van der Waals surface area contributed by atoms with Crippen molar-refractivity contribution in [2.75, 3.05) is 11.9 Å². The van der Waals surface area contributed by atoms with E-state index in [2.05, 4.69) is 11.4 Å². The van der Waals surface area contributed by atoms with Gasteiger partial charge in [-0.2, -0.15) is 5.26 Å². The number of carbonyl (C=O) groups excluding carboxylic acids is 2. The molecule has 0 bridgehead atoms. The number of rotatable bonds is 3. The van der Waals surface area contributed by atoms with Crippen LogP contribution in [0, 0.1) is 25.2 Å². The first kappa shape index (κ1) is 15.6. The summed E-state index contributed by atoms with van der Waals surface area (Å²) in [5.74, 6) is -0.261. The van der Waals surface area contributed by atoms with Gasteiger partial charge >= 0.3 is 5.97 Å². The fourth-order valence-corrected chi connectivity index (χ4v) is 2.34. The Morgan fingerprint density at radius 3 is 2.64 bits per heavy atom. The van der Waals surface area contributed by atoms with Crippen LogP contribution in [0.15, 0.2) is 17.8 Å². The number of anilines is 1. The minimum absolute atomic E-state index is 0.187. The van der Waals surface area contributed by atoms with E-state index in [1.165, 1.54) is 19.2 Å². The molecule has 22 heavy (non-hydrogen) atoms. The third kappa shape index (κ3) is 2.42. The Kier molecular flexibility index (Phi) is 4.18. The highest BCUT2D eigenvalue weighted by molar-refractivity contribution is 6.14. The first-order valence-corrected chi connectivity index (χ1v) is 6.91. The Balaban J connectivity index is 2.74. The van der Waals surface area contributed by atoms with E-state index >= 15 is 0 Å². The molecular formula is C16H17N3O3. The maximum atomic E-state index is 12.3. The summed E-state index contributed by atoms with van der Waals surface area (Å²) in [5.41, 5.74) is 2.52. The second kappa shape index (κ2) is 5.90. The van der Waals surface area contributed by atoms with Gasteiger partial charge < -0.3 is 10.1 Å². The Labute approximate surface area is 128 Å². The van der Waals surface area contributed by atoms with Crippen LogP contribution in [0.2, 0.25) is 0 Å². The van der Waals surface area contributed by atoms with Crippen LogP contribution in [0.4, 0.5) is 5.82 Å². The van der Waals surface area contributed by atoms with Crippen molar-refractivity contribution in [1.82, 2.24) is 4.57 Å². The van der Waals surface area contributed by atoms with E-state index < -0.39 is 5.97 Å². The highest BCUT2D eigenvalue weighted by Crippen LogP contribution is 2.32. The monoisotopic (exact) mass is 299 g/mol. The van der Waals surface area contributed by atoms with Crippen molar-refractivity contribution in [3.05, 3.63) is 34.7 Å². The molecule has 114 valence electrons. The minimum atomic E-state index is -0.540. The molecule has 2 heterocycles. The lowest BCUT2D eigenvalue weighted by Crippen LogP contribution is -2.14. The van der Waals surface area contributed by atoms with Gasteiger partial charge in [0.2, 0.25) is 0 Å². The van der Waals surface area contributed by atoms with Gasteiger partial charge in [-0.15, -0.1) is 0 Å². The molecule has 0 aliphatic carbocycles. The van der Waals surface area contributed by atoms with Gasteiger partial charge in [-0.1, -0.05) is 0 Å². The normalized spacial score (nSPS) is 13.0. The average molecular weight is 299 g/mol. The number of ether oxygens (including phenoxy) is 1. The van der Waals surface area contributed by atoms with Gasteiger partial charge in [0.1, 0.15) is 17.6 Å². The van der Waals surface area contributed by atoms with Gasteiger partial charge in [-0.05, 0) is 39.3 Å². The molecule has 1 aliphatic heterocycles. The molecule has 0 fully saturated rings. The lowest BCUT2D eigenvalue weighted by Gasteiger charge is -2.12. The zero-order valence-corrected chi connectivity index (χ0v) is 13.0. The summed E-state index contributed by atoms with van der Waals surface area (Å²) in [6.07, 6.45) is 2.98. The Hall–Kier alpha value is -2.81. The smallest absolute Gasteiger partial charge is 0.355 e. The number of ketones is 1. The number of fused-ring (bicyclic) bond motifs is 1. The first-order chi connectivity index (χ1) is 10.4. The SMILES string of the molecule is CCOC(=O)C1=CC(C(C)=O)=CNc2c(C#N)c(C)c(C)n21. The second-order valence-corrected chi connectivity index (χ2v) is 4.93. The zero-order valence-electron chi connectivity index (χ0n) is 13.0. The predicted molar refractivity (Wildman–Crippen MR) is 81.9 cm³/mol. The number of hydrogen-bond donors (Lipinski definition) is 1. The van der Waals surface area contributed by atoms with E-state index in [1.54, 1.807) is 11.5 Å². The summed E-state index contributed by atoms with van der Waals surface area (Å²) >= 11 is 0. The van der Waals surface area contributed by atoms with Crippen molar-refractivity contribution in [3.63, 3.8) is 0 Å². The maximum Gasteiger partial charge on any atom is 0.355 e. The largest absolute Gasteiger partial charge is 0.461 e. The van der Waals surface area contributed by atoms with E-state index in [4.69, 9.17) is 4.74 Å². The van der Waals surface area contributed by atoms with E-state index in [0.717, 1.165) is 11.3 Å². The molecule has 6 nitrogen and oxygen atoms in total. The maximum absolute atomic E-state index is 12.3. The van der Waals surface area contributed by atoms with E-state index in [-0.39, 0.29) is 18.1 Å². The predicted octanol–water partition coefficient (Wildman–Crippen LogP) is 2.28. The first-order valence-electron chi connectivity index (χ1n) is 6.91. The average Bonchev–Trinajstić information content (AvgIpc) is 2.64. The molecule has 0 saturated heterocycles. The van der Waals surface area contributed by atoms with E-state index in [9.17, 15) is 14.9 Å². The third-order valence-corrected chi connectivity index (χ3v) is 3.61. The van der Waals surface area contributed by atoms with Crippen LogP contribution in [-0.4, -0.2) is 22.9 Å². The van der Waals surface area contributed by atoms with Crippen molar-refractivity contribution in [3.8, 4) is 6.07 Å². The molecule has 0 amide bonds. The number of Topliss-reactive ketones (excluding diaryl/α,β-unsaturated/α-hetero) is 1. The number of hydrogen-bond acceptors (Lipinski definition) is 5. The molecule has 1 aromatic heterocycles. The van der Waals surface area contributed by atoms with Crippen LogP contribution in [0.1, 0.15) is 30.7 Å². The molecule has 1 aromatic rings. The molecular weight excluding hydrogens is 282 g/mol. The highest BCUT2D eigenvalue weighted by atomic mass is 16.5. The van der Waals surface area contributed by atoms with E-state index in [1.807, 2.05) is 13.8 Å². The quantitative estimate of drug-likeness (QED) is 0.866. The molecule has 6 heteroatoms. The van der Waals surface area contributed by atoms with Crippen molar-refractivity contribution < 1.29 is 14.3 Å². The van der Waals surface area contributed by atoms with Crippen molar-refractivity contribution in [1.29, 1.82) is 5.26 Å². The minimum Gasteiger partial charge on any atom is -0.461 e. The van der Waals surface area contributed by atoms with Gasteiger partial charge in [0, 0.05) is 17.5 Å². The van der Waals surface area contributed by atoms with Gasteiger partial charge in [0.15, 0.2) is 5.78 Å². The standard InChI is InChI=1S/C16H17N3O3/c1-5-22-16(21)14-6-12(11(4)20)8-18-15-13(7-17)9(2)10(3)19(14)15/h6,8,18H,5H2,1-4H3. The molecule has 0 atom stereocenters. The topological polar surface area (TPSA) is 84.1 Å². The van der Waals surface area contributed by atoms with Crippen molar-refractivity contribution in [2.24, 2.45) is 0 Å². The number of nitrogens with one attached hydrogen (secondary N) is 1. The summed E-state index contributed by atoms with van der Waals surface area (Å²) in [6, 6.07) is 2.13. The van der Waals surface area contributed by atoms with Crippen LogP contribution in [0.5, 0.6) is 0 Å². The van der Waals surface area contributed by atoms with Gasteiger partial charge in [-0.25, -0.2) is 4.79 Å². The summed E-state index contributed by atoms with van der Waals surface area (Å²) in [5, 5.41) is 12.3. The van der Waals surface area contributed by atoms with E-state index in [0.29, 0.717) is 17.0 Å². The Bertz CT molecular complexity index is 761. The molecule has 0 saturated carbocycles. The summed E-state index contributed by atoms with van der Waals surface area (Å²) < 4.78 is 6.71. The summed E-state index contributed by atoms with van der Waals surface area (Å²) in [6.45, 7) is 6.98. The van der Waals surface area contributed by atoms with Crippen LogP contribution >= 0.6 is 0 Å². The van der Waals surface area contributed by atoms with Gasteiger partial charge in [0.05, 0.1) is 12.2 Å². The Morgan fingerprint density at radius 2 is 2.09 bits per heavy atom. The van der Waals surface area contributed by atoms with Crippen molar-refractivity contribution >= 4 is 23.3 Å². The van der Waals surface area contributed by atoms with Crippen LogP contribution in [0.3, 0.4) is 0 Å².